The van der Waals surface area contributed by atoms with E-state index >= 15 is 0 Å². The standard InChI is InChI=1S/C17H11Cl3N4O3/c18-12-3-1-10(7-14(12)20)9-23-6-5-16(22-23)21-17(25)11-2-4-13(19)15(8-11)24(26)27/h1-8H,9H2,(H,21,22,25). The zero-order valence-electron chi connectivity index (χ0n) is 13.5. The first-order chi connectivity index (χ1) is 12.8. The number of aromatic nitrogens is 2. The molecule has 1 aromatic heterocycles. The molecule has 2 aromatic carbocycles. The Kier molecular flexibility index (Phi) is 5.65. The molecule has 10 heteroatoms. The number of carbonyl (C=O) groups is 1. The van der Waals surface area contributed by atoms with Crippen LogP contribution in [0.15, 0.2) is 48.7 Å². The first kappa shape index (κ1) is 19.2. The van der Waals surface area contributed by atoms with Crippen molar-refractivity contribution in [1.82, 2.24) is 9.78 Å². The number of anilines is 1. The number of hydrogen-bond donors (Lipinski definition) is 1. The number of nitro groups is 1. The Morgan fingerprint density at radius 2 is 1.81 bits per heavy atom. The van der Waals surface area contributed by atoms with Crippen LogP contribution in [-0.4, -0.2) is 20.6 Å². The monoisotopic (exact) mass is 424 g/mol. The average molecular weight is 426 g/mol. The van der Waals surface area contributed by atoms with Crippen molar-refractivity contribution < 1.29 is 9.72 Å². The van der Waals surface area contributed by atoms with Crippen molar-refractivity contribution in [3.05, 3.63) is 85.0 Å². The molecule has 1 amide bonds. The lowest BCUT2D eigenvalue weighted by atomic mass is 10.2. The molecule has 0 radical (unpaired) electrons. The summed E-state index contributed by atoms with van der Waals surface area (Å²) >= 11 is 17.6. The molecule has 7 nitrogen and oxygen atoms in total. The summed E-state index contributed by atoms with van der Waals surface area (Å²) in [6, 6.07) is 10.7. The topological polar surface area (TPSA) is 90.1 Å². The Labute approximate surface area is 168 Å². The molecule has 0 aliphatic rings. The van der Waals surface area contributed by atoms with Crippen molar-refractivity contribution >= 4 is 52.2 Å². The Hall–Kier alpha value is -2.61. The number of benzene rings is 2. The molecular weight excluding hydrogens is 415 g/mol. The number of halogens is 3. The molecule has 0 spiro atoms. The van der Waals surface area contributed by atoms with Crippen molar-refractivity contribution in [2.75, 3.05) is 5.32 Å². The highest BCUT2D eigenvalue weighted by molar-refractivity contribution is 6.42. The second-order valence-electron chi connectivity index (χ2n) is 5.52. The number of rotatable bonds is 5. The number of carbonyl (C=O) groups excluding carboxylic acids is 1. The van der Waals surface area contributed by atoms with Gasteiger partial charge in [-0.2, -0.15) is 5.10 Å². The molecule has 0 bridgehead atoms. The first-order valence-electron chi connectivity index (χ1n) is 7.56. The Balaban J connectivity index is 1.72. The van der Waals surface area contributed by atoms with E-state index in [2.05, 4.69) is 10.4 Å². The van der Waals surface area contributed by atoms with Crippen LogP contribution in [0.2, 0.25) is 15.1 Å². The van der Waals surface area contributed by atoms with Crippen molar-refractivity contribution in [2.24, 2.45) is 0 Å². The van der Waals surface area contributed by atoms with Gasteiger partial charge in [-0.05, 0) is 29.8 Å². The van der Waals surface area contributed by atoms with Gasteiger partial charge in [0.2, 0.25) is 0 Å². The second kappa shape index (κ2) is 7.96. The van der Waals surface area contributed by atoms with E-state index in [1.807, 2.05) is 6.07 Å². The molecule has 3 aromatic rings. The molecular formula is C17H11Cl3N4O3. The first-order valence-corrected chi connectivity index (χ1v) is 8.69. The number of hydrogen-bond acceptors (Lipinski definition) is 4. The number of nitrogens with zero attached hydrogens (tertiary/aromatic N) is 3. The predicted octanol–water partition coefficient (Wildman–Crippen LogP) is 5.05. The third kappa shape index (κ3) is 4.57. The zero-order valence-corrected chi connectivity index (χ0v) is 15.8. The highest BCUT2D eigenvalue weighted by Crippen LogP contribution is 2.25. The van der Waals surface area contributed by atoms with Crippen LogP contribution < -0.4 is 5.32 Å². The number of amides is 1. The second-order valence-corrected chi connectivity index (χ2v) is 6.75. The molecule has 0 fully saturated rings. The van der Waals surface area contributed by atoms with Gasteiger partial charge in [0.25, 0.3) is 11.6 Å². The molecule has 1 heterocycles. The minimum absolute atomic E-state index is 0.0394. The Morgan fingerprint density at radius 3 is 2.52 bits per heavy atom. The minimum Gasteiger partial charge on any atom is -0.305 e. The van der Waals surface area contributed by atoms with E-state index in [4.69, 9.17) is 34.8 Å². The Bertz CT molecular complexity index is 1040. The van der Waals surface area contributed by atoms with Crippen LogP contribution in [-0.2, 0) is 6.54 Å². The van der Waals surface area contributed by atoms with Crippen molar-refractivity contribution in [2.45, 2.75) is 6.54 Å². The molecule has 1 N–H and O–H groups in total. The summed E-state index contributed by atoms with van der Waals surface area (Å²) in [6.45, 7) is 0.430. The largest absolute Gasteiger partial charge is 0.305 e. The van der Waals surface area contributed by atoms with E-state index in [1.54, 1.807) is 29.1 Å². The summed E-state index contributed by atoms with van der Waals surface area (Å²) in [7, 11) is 0. The molecule has 27 heavy (non-hydrogen) atoms. The van der Waals surface area contributed by atoms with Crippen LogP contribution in [0.4, 0.5) is 11.5 Å². The highest BCUT2D eigenvalue weighted by atomic mass is 35.5. The molecule has 0 unspecified atom stereocenters. The average Bonchev–Trinajstić information content (AvgIpc) is 3.05. The van der Waals surface area contributed by atoms with E-state index in [0.29, 0.717) is 22.4 Å². The lowest BCUT2D eigenvalue weighted by Crippen LogP contribution is -2.13. The van der Waals surface area contributed by atoms with Gasteiger partial charge >= 0.3 is 0 Å². The third-order valence-corrected chi connectivity index (χ3v) is 4.67. The van der Waals surface area contributed by atoms with Gasteiger partial charge in [-0.15, -0.1) is 0 Å². The van der Waals surface area contributed by atoms with Gasteiger partial charge in [0.1, 0.15) is 5.02 Å². The number of nitro benzene ring substituents is 1. The van der Waals surface area contributed by atoms with Crippen molar-refractivity contribution in [3.8, 4) is 0 Å². The summed E-state index contributed by atoms with van der Waals surface area (Å²) in [4.78, 5) is 22.6. The fraction of sp³-hybridized carbons (Fsp3) is 0.0588. The van der Waals surface area contributed by atoms with Crippen molar-refractivity contribution in [1.29, 1.82) is 0 Å². The van der Waals surface area contributed by atoms with Gasteiger partial charge in [-0.1, -0.05) is 40.9 Å². The van der Waals surface area contributed by atoms with Gasteiger partial charge in [-0.3, -0.25) is 19.6 Å². The predicted molar refractivity (Wildman–Crippen MR) is 104 cm³/mol. The van der Waals surface area contributed by atoms with Crippen molar-refractivity contribution in [3.63, 3.8) is 0 Å². The van der Waals surface area contributed by atoms with Gasteiger partial charge in [-0.25, -0.2) is 0 Å². The molecule has 0 saturated heterocycles. The highest BCUT2D eigenvalue weighted by Gasteiger charge is 2.17. The minimum atomic E-state index is -0.648. The lowest BCUT2D eigenvalue weighted by Gasteiger charge is -2.05. The maximum absolute atomic E-state index is 12.3. The van der Waals surface area contributed by atoms with Crippen LogP contribution in [0.5, 0.6) is 0 Å². The van der Waals surface area contributed by atoms with Crippen LogP contribution in [0.25, 0.3) is 0 Å². The lowest BCUT2D eigenvalue weighted by molar-refractivity contribution is -0.384. The quantitative estimate of drug-likeness (QED) is 0.457. The summed E-state index contributed by atoms with van der Waals surface area (Å²) in [5, 5.41) is 18.6. The summed E-state index contributed by atoms with van der Waals surface area (Å²) < 4.78 is 1.61. The van der Waals surface area contributed by atoms with E-state index in [9.17, 15) is 14.9 Å². The van der Waals surface area contributed by atoms with E-state index in [1.165, 1.54) is 12.1 Å². The normalized spacial score (nSPS) is 10.6. The van der Waals surface area contributed by atoms with E-state index in [0.717, 1.165) is 11.6 Å². The van der Waals surface area contributed by atoms with Gasteiger partial charge < -0.3 is 5.32 Å². The molecule has 0 atom stereocenters. The van der Waals surface area contributed by atoms with Gasteiger partial charge in [0, 0.05) is 23.9 Å². The third-order valence-electron chi connectivity index (χ3n) is 3.62. The Morgan fingerprint density at radius 1 is 1.07 bits per heavy atom. The summed E-state index contributed by atoms with van der Waals surface area (Å²) in [5.41, 5.74) is 0.651. The fourth-order valence-corrected chi connectivity index (χ4v) is 2.83. The SMILES string of the molecule is O=C(Nc1ccn(Cc2ccc(Cl)c(Cl)c2)n1)c1ccc(Cl)c([N+](=O)[O-])c1. The van der Waals surface area contributed by atoms with E-state index in [-0.39, 0.29) is 16.3 Å². The molecule has 0 aliphatic carbocycles. The number of nitrogens with one attached hydrogen (secondary N) is 1. The maximum Gasteiger partial charge on any atom is 0.288 e. The van der Waals surface area contributed by atoms with E-state index < -0.39 is 10.8 Å². The van der Waals surface area contributed by atoms with Crippen LogP contribution in [0, 0.1) is 10.1 Å². The van der Waals surface area contributed by atoms with Crippen LogP contribution >= 0.6 is 34.8 Å². The molecule has 0 saturated carbocycles. The van der Waals surface area contributed by atoms with Crippen LogP contribution in [0.3, 0.4) is 0 Å². The molecule has 0 aliphatic heterocycles. The summed E-state index contributed by atoms with van der Waals surface area (Å²) in [5.74, 6) is -0.229. The molecule has 138 valence electrons. The maximum atomic E-state index is 12.3. The summed E-state index contributed by atoms with van der Waals surface area (Å²) in [6.07, 6.45) is 1.68. The van der Waals surface area contributed by atoms with Gasteiger partial charge in [0.05, 0.1) is 21.5 Å². The zero-order chi connectivity index (χ0) is 19.6. The smallest absolute Gasteiger partial charge is 0.288 e. The molecule has 3 rings (SSSR count). The fourth-order valence-electron chi connectivity index (χ4n) is 2.32. The van der Waals surface area contributed by atoms with Crippen LogP contribution in [0.1, 0.15) is 15.9 Å². The van der Waals surface area contributed by atoms with Gasteiger partial charge in [0.15, 0.2) is 5.82 Å².